The fourth-order valence-corrected chi connectivity index (χ4v) is 2.05. The number of halogens is 1. The van der Waals surface area contributed by atoms with Crippen LogP contribution in [0.1, 0.15) is 33.6 Å². The Labute approximate surface area is 139 Å². The molecule has 0 saturated heterocycles. The maximum absolute atomic E-state index is 11.8. The number of hydrogen-bond donors (Lipinski definition) is 1. The second-order valence-electron chi connectivity index (χ2n) is 4.90. The SMILES string of the molecule is CCC(CC)NC(=O)COC(=O)[C@@H](C)Oc1ccc(Br)cc1. The Morgan fingerprint density at radius 2 is 1.77 bits per heavy atom. The Morgan fingerprint density at radius 3 is 2.32 bits per heavy atom. The summed E-state index contributed by atoms with van der Waals surface area (Å²) in [6, 6.07) is 7.23. The summed E-state index contributed by atoms with van der Waals surface area (Å²) in [5.41, 5.74) is 0. The van der Waals surface area contributed by atoms with Crippen LogP contribution in [-0.2, 0) is 14.3 Å². The summed E-state index contributed by atoms with van der Waals surface area (Å²) in [7, 11) is 0. The standard InChI is InChI=1S/C16H22BrNO4/c1-4-13(5-2)18-15(19)10-21-16(20)11(3)22-14-8-6-12(17)7-9-14/h6-9,11,13H,4-5,10H2,1-3H3,(H,18,19)/t11-/m1/s1. The normalized spacial score (nSPS) is 11.9. The third-order valence-corrected chi connectivity index (χ3v) is 3.68. The third kappa shape index (κ3) is 6.47. The number of hydrogen-bond acceptors (Lipinski definition) is 4. The van der Waals surface area contributed by atoms with E-state index >= 15 is 0 Å². The first kappa shape index (κ1) is 18.5. The molecule has 0 spiro atoms. The van der Waals surface area contributed by atoms with E-state index in [1.807, 2.05) is 26.0 Å². The number of esters is 1. The quantitative estimate of drug-likeness (QED) is 0.713. The molecule has 0 aliphatic rings. The van der Waals surface area contributed by atoms with Crippen LogP contribution in [0.2, 0.25) is 0 Å². The van der Waals surface area contributed by atoms with E-state index in [0.717, 1.165) is 17.3 Å². The third-order valence-electron chi connectivity index (χ3n) is 3.15. The molecule has 0 aromatic heterocycles. The first-order chi connectivity index (χ1) is 10.5. The van der Waals surface area contributed by atoms with Crippen molar-refractivity contribution in [2.75, 3.05) is 6.61 Å². The van der Waals surface area contributed by atoms with Crippen molar-refractivity contribution < 1.29 is 19.1 Å². The second kappa shape index (κ2) is 9.46. The van der Waals surface area contributed by atoms with Gasteiger partial charge in [-0.1, -0.05) is 29.8 Å². The lowest BCUT2D eigenvalue weighted by molar-refractivity contribution is -0.154. The highest BCUT2D eigenvalue weighted by Gasteiger charge is 2.18. The lowest BCUT2D eigenvalue weighted by atomic mass is 10.2. The summed E-state index contributed by atoms with van der Waals surface area (Å²) in [6.45, 7) is 5.29. The van der Waals surface area contributed by atoms with Gasteiger partial charge in [0.05, 0.1) is 0 Å². The Bertz CT molecular complexity index is 485. The maximum atomic E-state index is 11.8. The number of carbonyl (C=O) groups excluding carboxylic acids is 2. The largest absolute Gasteiger partial charge is 0.479 e. The zero-order valence-electron chi connectivity index (χ0n) is 13.1. The molecular formula is C16H22BrNO4. The molecule has 0 fully saturated rings. The number of nitrogens with one attached hydrogen (secondary N) is 1. The minimum atomic E-state index is -0.776. The van der Waals surface area contributed by atoms with Gasteiger partial charge >= 0.3 is 5.97 Å². The van der Waals surface area contributed by atoms with Gasteiger partial charge in [-0.25, -0.2) is 4.79 Å². The van der Waals surface area contributed by atoms with Crippen molar-refractivity contribution in [2.45, 2.75) is 45.8 Å². The Balaban J connectivity index is 2.37. The van der Waals surface area contributed by atoms with Crippen LogP contribution in [0, 0.1) is 0 Å². The summed E-state index contributed by atoms with van der Waals surface area (Å²) < 4.78 is 11.4. The number of amides is 1. The summed E-state index contributed by atoms with van der Waals surface area (Å²) >= 11 is 3.32. The molecule has 0 unspecified atom stereocenters. The van der Waals surface area contributed by atoms with Crippen LogP contribution in [0.25, 0.3) is 0 Å². The van der Waals surface area contributed by atoms with Crippen LogP contribution < -0.4 is 10.1 Å². The highest BCUT2D eigenvalue weighted by molar-refractivity contribution is 9.10. The van der Waals surface area contributed by atoms with E-state index in [-0.39, 0.29) is 18.6 Å². The van der Waals surface area contributed by atoms with E-state index in [1.54, 1.807) is 19.1 Å². The van der Waals surface area contributed by atoms with E-state index in [2.05, 4.69) is 21.2 Å². The zero-order chi connectivity index (χ0) is 16.5. The van der Waals surface area contributed by atoms with Crippen molar-refractivity contribution in [2.24, 2.45) is 0 Å². The topological polar surface area (TPSA) is 64.6 Å². The van der Waals surface area contributed by atoms with Gasteiger partial charge in [0.2, 0.25) is 0 Å². The van der Waals surface area contributed by atoms with Crippen LogP contribution in [0.15, 0.2) is 28.7 Å². The molecule has 0 heterocycles. The summed E-state index contributed by atoms with van der Waals surface area (Å²) in [6.07, 6.45) is 0.917. The van der Waals surface area contributed by atoms with E-state index in [0.29, 0.717) is 5.75 Å². The molecule has 122 valence electrons. The van der Waals surface area contributed by atoms with Gasteiger partial charge in [-0.15, -0.1) is 0 Å². The van der Waals surface area contributed by atoms with Crippen LogP contribution in [0.3, 0.4) is 0 Å². The number of rotatable bonds is 8. The molecule has 1 aromatic rings. The van der Waals surface area contributed by atoms with Gasteiger partial charge in [0.25, 0.3) is 5.91 Å². The Kier molecular flexibility index (Phi) is 7.95. The lowest BCUT2D eigenvalue weighted by Crippen LogP contribution is -2.38. The van der Waals surface area contributed by atoms with E-state index in [9.17, 15) is 9.59 Å². The minimum Gasteiger partial charge on any atom is -0.479 e. The van der Waals surface area contributed by atoms with Gasteiger partial charge in [-0.3, -0.25) is 4.79 Å². The van der Waals surface area contributed by atoms with Crippen molar-refractivity contribution in [1.82, 2.24) is 5.32 Å². The molecule has 5 nitrogen and oxygen atoms in total. The average Bonchev–Trinajstić information content (AvgIpc) is 2.52. The molecule has 0 bridgehead atoms. The number of carbonyl (C=O) groups is 2. The zero-order valence-corrected chi connectivity index (χ0v) is 14.7. The fraction of sp³-hybridized carbons (Fsp3) is 0.500. The van der Waals surface area contributed by atoms with Crippen molar-refractivity contribution in [3.63, 3.8) is 0 Å². The van der Waals surface area contributed by atoms with E-state index in [4.69, 9.17) is 9.47 Å². The number of benzene rings is 1. The highest BCUT2D eigenvalue weighted by Crippen LogP contribution is 2.17. The maximum Gasteiger partial charge on any atom is 0.347 e. The molecule has 1 amide bonds. The summed E-state index contributed by atoms with van der Waals surface area (Å²) in [5.74, 6) is -0.297. The van der Waals surface area contributed by atoms with Gasteiger partial charge in [0, 0.05) is 10.5 Å². The van der Waals surface area contributed by atoms with Gasteiger partial charge < -0.3 is 14.8 Å². The predicted octanol–water partition coefficient (Wildman–Crippen LogP) is 3.06. The number of ether oxygens (including phenoxy) is 2. The first-order valence-corrected chi connectivity index (χ1v) is 8.13. The molecule has 0 radical (unpaired) electrons. The molecule has 1 N–H and O–H groups in total. The smallest absolute Gasteiger partial charge is 0.347 e. The molecule has 1 rings (SSSR count). The summed E-state index contributed by atoms with van der Waals surface area (Å²) in [5, 5.41) is 2.80. The van der Waals surface area contributed by atoms with Crippen molar-refractivity contribution in [3.05, 3.63) is 28.7 Å². The predicted molar refractivity (Wildman–Crippen MR) is 87.7 cm³/mol. The van der Waals surface area contributed by atoms with Crippen LogP contribution >= 0.6 is 15.9 Å². The molecule has 22 heavy (non-hydrogen) atoms. The lowest BCUT2D eigenvalue weighted by Gasteiger charge is -2.16. The van der Waals surface area contributed by atoms with Crippen molar-refractivity contribution >= 4 is 27.8 Å². The molecule has 6 heteroatoms. The van der Waals surface area contributed by atoms with Crippen LogP contribution in [0.4, 0.5) is 0 Å². The first-order valence-electron chi connectivity index (χ1n) is 7.34. The molecule has 0 aliphatic carbocycles. The highest BCUT2D eigenvalue weighted by atomic mass is 79.9. The molecule has 0 saturated carbocycles. The average molecular weight is 372 g/mol. The van der Waals surface area contributed by atoms with Crippen molar-refractivity contribution in [3.8, 4) is 5.75 Å². The fourth-order valence-electron chi connectivity index (χ4n) is 1.78. The van der Waals surface area contributed by atoms with Gasteiger partial charge in [0.1, 0.15) is 5.75 Å². The van der Waals surface area contributed by atoms with Gasteiger partial charge in [-0.05, 0) is 44.0 Å². The molecular weight excluding hydrogens is 350 g/mol. The second-order valence-corrected chi connectivity index (χ2v) is 5.82. The van der Waals surface area contributed by atoms with E-state index in [1.165, 1.54) is 0 Å². The van der Waals surface area contributed by atoms with E-state index < -0.39 is 12.1 Å². The van der Waals surface area contributed by atoms with Gasteiger partial charge in [-0.2, -0.15) is 0 Å². The molecule has 1 atom stereocenters. The monoisotopic (exact) mass is 371 g/mol. The Morgan fingerprint density at radius 1 is 1.18 bits per heavy atom. The molecule has 0 aliphatic heterocycles. The van der Waals surface area contributed by atoms with Crippen LogP contribution in [0.5, 0.6) is 5.75 Å². The Hall–Kier alpha value is -1.56. The summed E-state index contributed by atoms with van der Waals surface area (Å²) in [4.78, 5) is 23.5. The minimum absolute atomic E-state index is 0.114. The molecule has 1 aromatic carbocycles. The van der Waals surface area contributed by atoms with Crippen molar-refractivity contribution in [1.29, 1.82) is 0 Å². The van der Waals surface area contributed by atoms with Crippen LogP contribution in [-0.4, -0.2) is 30.6 Å². The van der Waals surface area contributed by atoms with Gasteiger partial charge in [0.15, 0.2) is 12.7 Å².